The van der Waals surface area contributed by atoms with Gasteiger partial charge in [0, 0.05) is 12.3 Å². The van der Waals surface area contributed by atoms with Crippen LogP contribution in [-0.4, -0.2) is 0 Å². The van der Waals surface area contributed by atoms with Gasteiger partial charge in [-0.3, -0.25) is 0 Å². The fourth-order valence-corrected chi connectivity index (χ4v) is 6.07. The maximum absolute atomic E-state index is 5.46. The lowest BCUT2D eigenvalue weighted by Crippen LogP contribution is -2.08. The van der Waals surface area contributed by atoms with Crippen LogP contribution >= 0.6 is 0 Å². The lowest BCUT2D eigenvalue weighted by Gasteiger charge is -2.23. The molecule has 1 unspecified atom stereocenters. The standard InChI is InChI=1S/C39H48/c1-9-10-11-28(6)33-12-16-35(17-13-33)39-25-37(34-14-15-34)24-38(39)30(8)20-29(7)36-22-31(18-26(2)3)21-32(23-36)19-27(4)5/h1,12-13,16-17,21-27,30,34,39H,6-7,10-11,14-15,18-20H2,2-5,8H3/t30-,39?/m1/s1. The summed E-state index contributed by atoms with van der Waals surface area (Å²) in [7, 11) is 0. The van der Waals surface area contributed by atoms with Crippen LogP contribution in [0.1, 0.15) is 100 Å². The van der Waals surface area contributed by atoms with Crippen LogP contribution in [0.4, 0.5) is 0 Å². The molecule has 0 saturated heterocycles. The smallest absolute Gasteiger partial charge is 0.0240 e. The van der Waals surface area contributed by atoms with Crippen molar-refractivity contribution in [3.05, 3.63) is 107 Å². The molecule has 0 aliphatic heterocycles. The van der Waals surface area contributed by atoms with Crippen molar-refractivity contribution in [1.82, 2.24) is 0 Å². The van der Waals surface area contributed by atoms with Crippen LogP contribution in [0, 0.1) is 36.0 Å². The molecule has 204 valence electrons. The number of terminal acetylenes is 1. The van der Waals surface area contributed by atoms with Gasteiger partial charge >= 0.3 is 0 Å². The number of allylic oxidation sites excluding steroid dienone is 6. The Labute approximate surface area is 239 Å². The molecule has 39 heavy (non-hydrogen) atoms. The first-order valence-corrected chi connectivity index (χ1v) is 15.1. The maximum atomic E-state index is 5.46. The summed E-state index contributed by atoms with van der Waals surface area (Å²) >= 11 is 0. The van der Waals surface area contributed by atoms with Gasteiger partial charge in [0.2, 0.25) is 0 Å². The SMILES string of the molecule is C#CCCC(=C)c1ccc(C2C=C(C3CC3)C=C2[C@H](C)CC(=C)c2cc(CC(C)C)cc(CC(C)C)c2)cc1. The molecular formula is C39H48. The Bertz CT molecular complexity index is 1250. The summed E-state index contributed by atoms with van der Waals surface area (Å²) in [6, 6.07) is 16.3. The molecule has 0 spiro atoms. The van der Waals surface area contributed by atoms with Gasteiger partial charge in [-0.25, -0.2) is 0 Å². The van der Waals surface area contributed by atoms with E-state index in [2.05, 4.69) is 108 Å². The van der Waals surface area contributed by atoms with Gasteiger partial charge in [0.25, 0.3) is 0 Å². The van der Waals surface area contributed by atoms with Crippen molar-refractivity contribution in [3.8, 4) is 12.3 Å². The second-order valence-electron chi connectivity index (χ2n) is 12.9. The molecule has 0 bridgehead atoms. The van der Waals surface area contributed by atoms with E-state index in [4.69, 9.17) is 6.42 Å². The molecule has 0 aromatic heterocycles. The largest absolute Gasteiger partial charge is 0.120 e. The zero-order chi connectivity index (χ0) is 28.1. The monoisotopic (exact) mass is 516 g/mol. The van der Waals surface area contributed by atoms with E-state index in [1.165, 1.54) is 51.8 Å². The lowest BCUT2D eigenvalue weighted by atomic mass is 9.82. The number of rotatable bonds is 13. The molecule has 0 N–H and O–H groups in total. The van der Waals surface area contributed by atoms with Gasteiger partial charge in [-0.15, -0.1) is 12.3 Å². The molecule has 0 radical (unpaired) electrons. The van der Waals surface area contributed by atoms with Crippen molar-refractivity contribution in [2.75, 3.05) is 0 Å². The van der Waals surface area contributed by atoms with Gasteiger partial charge in [0.05, 0.1) is 0 Å². The first-order chi connectivity index (χ1) is 18.6. The molecule has 2 aromatic carbocycles. The number of hydrogen-bond acceptors (Lipinski definition) is 0. The predicted octanol–water partition coefficient (Wildman–Crippen LogP) is 10.6. The number of benzene rings is 2. The van der Waals surface area contributed by atoms with E-state index in [0.29, 0.717) is 23.7 Å². The second kappa shape index (κ2) is 12.9. The molecular weight excluding hydrogens is 468 g/mol. The highest BCUT2D eigenvalue weighted by molar-refractivity contribution is 5.66. The quantitative estimate of drug-likeness (QED) is 0.232. The van der Waals surface area contributed by atoms with Crippen LogP contribution < -0.4 is 0 Å². The minimum Gasteiger partial charge on any atom is -0.120 e. The molecule has 0 amide bonds. The fraction of sp³-hybridized carbons (Fsp3) is 0.436. The molecule has 1 fully saturated rings. The molecule has 2 atom stereocenters. The molecule has 0 heteroatoms. The van der Waals surface area contributed by atoms with Crippen molar-refractivity contribution in [2.24, 2.45) is 23.7 Å². The minimum atomic E-state index is 0.347. The molecule has 2 aromatic rings. The molecule has 2 aliphatic rings. The van der Waals surface area contributed by atoms with Crippen molar-refractivity contribution in [1.29, 1.82) is 0 Å². The third-order valence-electron chi connectivity index (χ3n) is 8.22. The maximum Gasteiger partial charge on any atom is 0.0240 e. The Balaban J connectivity index is 1.54. The first-order valence-electron chi connectivity index (χ1n) is 15.1. The highest BCUT2D eigenvalue weighted by Gasteiger charge is 2.32. The summed E-state index contributed by atoms with van der Waals surface area (Å²) in [5.74, 6) is 5.57. The van der Waals surface area contributed by atoms with Crippen LogP contribution in [0.3, 0.4) is 0 Å². The Morgan fingerprint density at radius 2 is 1.49 bits per heavy atom. The average molecular weight is 517 g/mol. The predicted molar refractivity (Wildman–Crippen MR) is 172 cm³/mol. The molecule has 1 saturated carbocycles. The van der Waals surface area contributed by atoms with E-state index < -0.39 is 0 Å². The lowest BCUT2D eigenvalue weighted by molar-refractivity contribution is 0.635. The Hall–Kier alpha value is -3.04. The van der Waals surface area contributed by atoms with Gasteiger partial charge in [-0.1, -0.05) is 108 Å². The minimum absolute atomic E-state index is 0.347. The molecule has 2 aliphatic carbocycles. The molecule has 4 rings (SSSR count). The van der Waals surface area contributed by atoms with Crippen LogP contribution in [0.5, 0.6) is 0 Å². The summed E-state index contributed by atoms with van der Waals surface area (Å²) in [5, 5.41) is 0. The third-order valence-corrected chi connectivity index (χ3v) is 8.22. The van der Waals surface area contributed by atoms with E-state index in [0.717, 1.165) is 43.6 Å². The van der Waals surface area contributed by atoms with Crippen molar-refractivity contribution < 1.29 is 0 Å². The Morgan fingerprint density at radius 3 is 2.03 bits per heavy atom. The van der Waals surface area contributed by atoms with E-state index >= 15 is 0 Å². The highest BCUT2D eigenvalue weighted by atomic mass is 14.4. The van der Waals surface area contributed by atoms with E-state index in [1.54, 1.807) is 5.57 Å². The zero-order valence-corrected chi connectivity index (χ0v) is 25.0. The average Bonchev–Trinajstić information content (AvgIpc) is 3.64. The van der Waals surface area contributed by atoms with Crippen molar-refractivity contribution in [2.45, 2.75) is 85.5 Å². The van der Waals surface area contributed by atoms with Crippen LogP contribution in [0.15, 0.2) is 78.9 Å². The second-order valence-corrected chi connectivity index (χ2v) is 12.9. The topological polar surface area (TPSA) is 0 Å². The van der Waals surface area contributed by atoms with E-state index in [9.17, 15) is 0 Å². The van der Waals surface area contributed by atoms with Gasteiger partial charge in [-0.2, -0.15) is 0 Å². The third kappa shape index (κ3) is 7.76. The Kier molecular flexibility index (Phi) is 9.56. The number of hydrogen-bond donors (Lipinski definition) is 0. The fourth-order valence-electron chi connectivity index (χ4n) is 6.07. The van der Waals surface area contributed by atoms with Gasteiger partial charge in [-0.05, 0) is 107 Å². The summed E-state index contributed by atoms with van der Waals surface area (Å²) in [6.07, 6.45) is 18.0. The summed E-state index contributed by atoms with van der Waals surface area (Å²) in [4.78, 5) is 0. The van der Waals surface area contributed by atoms with E-state index in [1.807, 2.05) is 0 Å². The highest BCUT2D eigenvalue weighted by Crippen LogP contribution is 2.47. The normalized spacial score (nSPS) is 17.6. The first kappa shape index (κ1) is 29.0. The van der Waals surface area contributed by atoms with E-state index in [-0.39, 0.29) is 0 Å². The molecule has 0 heterocycles. The summed E-state index contributed by atoms with van der Waals surface area (Å²) in [5.41, 5.74) is 12.3. The molecule has 0 nitrogen and oxygen atoms in total. The van der Waals surface area contributed by atoms with Crippen LogP contribution in [0.25, 0.3) is 11.1 Å². The van der Waals surface area contributed by atoms with Crippen molar-refractivity contribution >= 4 is 11.1 Å². The summed E-state index contributed by atoms with van der Waals surface area (Å²) < 4.78 is 0. The Morgan fingerprint density at radius 1 is 0.872 bits per heavy atom. The zero-order valence-electron chi connectivity index (χ0n) is 25.0. The van der Waals surface area contributed by atoms with Crippen LogP contribution in [-0.2, 0) is 12.8 Å². The summed E-state index contributed by atoms with van der Waals surface area (Å²) in [6.45, 7) is 20.5. The van der Waals surface area contributed by atoms with Gasteiger partial charge in [0.1, 0.15) is 0 Å². The van der Waals surface area contributed by atoms with Crippen LogP contribution in [0.2, 0.25) is 0 Å². The van der Waals surface area contributed by atoms with Crippen molar-refractivity contribution in [3.63, 3.8) is 0 Å². The van der Waals surface area contributed by atoms with Gasteiger partial charge in [0.15, 0.2) is 0 Å². The van der Waals surface area contributed by atoms with Gasteiger partial charge < -0.3 is 0 Å².